The molecule has 116 valence electrons. The lowest BCUT2D eigenvalue weighted by molar-refractivity contribution is -0.140. The van der Waals surface area contributed by atoms with Crippen LogP contribution < -0.4 is 0 Å². The fraction of sp³-hybridized carbons (Fsp3) is 0.625. The smallest absolute Gasteiger partial charge is 0.255 e. The quantitative estimate of drug-likeness (QED) is 0.861. The minimum Gasteiger partial charge on any atom is -0.339 e. The predicted octanol–water partition coefficient (Wildman–Crippen LogP) is 2.69. The standard InChI is InChI=1S/C16H24N2O2S/c1-10(2)9-17-6-7-18(12(4)15(17)19)16(20)14-8-11(3)21-13(14)5/h8,10,12H,6-7,9H2,1-5H3/t12-/m1/s1. The van der Waals surface area contributed by atoms with E-state index in [2.05, 4.69) is 13.8 Å². The maximum Gasteiger partial charge on any atom is 0.255 e. The predicted molar refractivity (Wildman–Crippen MR) is 85.7 cm³/mol. The highest BCUT2D eigenvalue weighted by Crippen LogP contribution is 2.24. The first-order chi connectivity index (χ1) is 9.81. The number of nitrogens with zero attached hydrogens (tertiary/aromatic N) is 2. The molecule has 0 saturated carbocycles. The first-order valence-corrected chi connectivity index (χ1v) is 8.29. The fourth-order valence-corrected chi connectivity index (χ4v) is 3.74. The van der Waals surface area contributed by atoms with E-state index in [0.29, 0.717) is 19.0 Å². The van der Waals surface area contributed by atoms with Gasteiger partial charge in [-0.2, -0.15) is 0 Å². The summed E-state index contributed by atoms with van der Waals surface area (Å²) in [4.78, 5) is 30.9. The second-order valence-electron chi connectivity index (χ2n) is 6.18. The summed E-state index contributed by atoms with van der Waals surface area (Å²) < 4.78 is 0. The van der Waals surface area contributed by atoms with Crippen LogP contribution in [-0.4, -0.2) is 47.3 Å². The average molecular weight is 308 g/mol. The number of hydrogen-bond acceptors (Lipinski definition) is 3. The highest BCUT2D eigenvalue weighted by Gasteiger charge is 2.35. The Morgan fingerprint density at radius 1 is 1.38 bits per heavy atom. The van der Waals surface area contributed by atoms with Crippen LogP contribution in [0.25, 0.3) is 0 Å². The zero-order valence-corrected chi connectivity index (χ0v) is 14.3. The molecule has 0 aliphatic carbocycles. The molecular formula is C16H24N2O2S. The summed E-state index contributed by atoms with van der Waals surface area (Å²) >= 11 is 1.63. The van der Waals surface area contributed by atoms with Gasteiger partial charge in [-0.3, -0.25) is 9.59 Å². The van der Waals surface area contributed by atoms with Crippen molar-refractivity contribution >= 4 is 23.2 Å². The zero-order chi connectivity index (χ0) is 15.7. The molecule has 1 atom stereocenters. The molecule has 4 nitrogen and oxygen atoms in total. The van der Waals surface area contributed by atoms with Crippen molar-refractivity contribution in [3.05, 3.63) is 21.4 Å². The van der Waals surface area contributed by atoms with E-state index in [0.717, 1.165) is 21.9 Å². The molecule has 0 bridgehead atoms. The Hall–Kier alpha value is -1.36. The summed E-state index contributed by atoms with van der Waals surface area (Å²) in [5.41, 5.74) is 0.745. The van der Waals surface area contributed by atoms with Gasteiger partial charge in [0.05, 0.1) is 5.56 Å². The number of piperazine rings is 1. The van der Waals surface area contributed by atoms with Gasteiger partial charge in [-0.1, -0.05) is 13.8 Å². The zero-order valence-electron chi connectivity index (χ0n) is 13.5. The van der Waals surface area contributed by atoms with E-state index < -0.39 is 0 Å². The molecular weight excluding hydrogens is 284 g/mol. The van der Waals surface area contributed by atoms with Gasteiger partial charge in [0.25, 0.3) is 5.91 Å². The van der Waals surface area contributed by atoms with Gasteiger partial charge in [0.2, 0.25) is 5.91 Å². The van der Waals surface area contributed by atoms with Crippen molar-refractivity contribution in [2.24, 2.45) is 5.92 Å². The third-order valence-corrected chi connectivity index (χ3v) is 4.83. The largest absolute Gasteiger partial charge is 0.339 e. The number of hydrogen-bond donors (Lipinski definition) is 0. The van der Waals surface area contributed by atoms with Crippen LogP contribution in [0.4, 0.5) is 0 Å². The monoisotopic (exact) mass is 308 g/mol. The molecule has 5 heteroatoms. The average Bonchev–Trinajstić information content (AvgIpc) is 2.73. The van der Waals surface area contributed by atoms with Gasteiger partial charge in [0.15, 0.2) is 0 Å². The Morgan fingerprint density at radius 2 is 2.05 bits per heavy atom. The van der Waals surface area contributed by atoms with E-state index >= 15 is 0 Å². The summed E-state index contributed by atoms with van der Waals surface area (Å²) in [6.07, 6.45) is 0. The third-order valence-electron chi connectivity index (χ3n) is 3.87. The molecule has 1 aromatic heterocycles. The van der Waals surface area contributed by atoms with E-state index in [1.807, 2.05) is 31.7 Å². The van der Waals surface area contributed by atoms with Gasteiger partial charge in [-0.25, -0.2) is 0 Å². The number of aryl methyl sites for hydroxylation is 2. The van der Waals surface area contributed by atoms with Gasteiger partial charge >= 0.3 is 0 Å². The molecule has 1 aliphatic rings. The normalized spacial score (nSPS) is 19.5. The van der Waals surface area contributed by atoms with Crippen LogP contribution in [-0.2, 0) is 4.79 Å². The van der Waals surface area contributed by atoms with Crippen molar-refractivity contribution < 1.29 is 9.59 Å². The lowest BCUT2D eigenvalue weighted by atomic mass is 10.1. The molecule has 0 N–H and O–H groups in total. The van der Waals surface area contributed by atoms with Crippen LogP contribution >= 0.6 is 11.3 Å². The van der Waals surface area contributed by atoms with Crippen LogP contribution in [0.3, 0.4) is 0 Å². The maximum atomic E-state index is 12.7. The van der Waals surface area contributed by atoms with Crippen molar-refractivity contribution in [2.45, 2.75) is 40.7 Å². The molecule has 1 fully saturated rings. The van der Waals surface area contributed by atoms with Crippen molar-refractivity contribution in [1.29, 1.82) is 0 Å². The van der Waals surface area contributed by atoms with Crippen LogP contribution in [0.5, 0.6) is 0 Å². The molecule has 0 unspecified atom stereocenters. The third kappa shape index (κ3) is 3.28. The molecule has 2 heterocycles. The van der Waals surface area contributed by atoms with Crippen molar-refractivity contribution in [1.82, 2.24) is 9.80 Å². The minimum atomic E-state index is -0.371. The molecule has 1 saturated heterocycles. The highest BCUT2D eigenvalue weighted by atomic mass is 32.1. The highest BCUT2D eigenvalue weighted by molar-refractivity contribution is 7.12. The topological polar surface area (TPSA) is 40.6 Å². The molecule has 1 aromatic rings. The van der Waals surface area contributed by atoms with E-state index in [9.17, 15) is 9.59 Å². The van der Waals surface area contributed by atoms with Gasteiger partial charge in [0, 0.05) is 29.4 Å². The van der Waals surface area contributed by atoms with E-state index in [-0.39, 0.29) is 17.9 Å². The Bertz CT molecular complexity index is 550. The number of carbonyl (C=O) groups is 2. The first-order valence-electron chi connectivity index (χ1n) is 7.48. The lowest BCUT2D eigenvalue weighted by Gasteiger charge is -2.39. The molecule has 2 rings (SSSR count). The summed E-state index contributed by atoms with van der Waals surface area (Å²) in [6.45, 7) is 12.0. The van der Waals surface area contributed by atoms with Crippen LogP contribution in [0.1, 0.15) is 40.9 Å². The first kappa shape index (κ1) is 16.0. The van der Waals surface area contributed by atoms with Gasteiger partial charge in [0.1, 0.15) is 6.04 Å². The van der Waals surface area contributed by atoms with Crippen molar-refractivity contribution in [3.63, 3.8) is 0 Å². The molecule has 2 amide bonds. The van der Waals surface area contributed by atoms with Gasteiger partial charge in [-0.05, 0) is 32.8 Å². The molecule has 0 aromatic carbocycles. The van der Waals surface area contributed by atoms with Crippen LogP contribution in [0, 0.1) is 19.8 Å². The Kier molecular flexibility index (Phi) is 4.71. The van der Waals surface area contributed by atoms with Crippen molar-refractivity contribution in [2.75, 3.05) is 19.6 Å². The molecule has 1 aliphatic heterocycles. The van der Waals surface area contributed by atoms with Gasteiger partial charge < -0.3 is 9.80 Å². The van der Waals surface area contributed by atoms with Crippen LogP contribution in [0.2, 0.25) is 0 Å². The maximum absolute atomic E-state index is 12.7. The summed E-state index contributed by atoms with van der Waals surface area (Å²) in [5.74, 6) is 0.500. The fourth-order valence-electron chi connectivity index (χ4n) is 2.83. The summed E-state index contributed by atoms with van der Waals surface area (Å²) in [7, 11) is 0. The second-order valence-corrected chi connectivity index (χ2v) is 7.64. The molecule has 0 radical (unpaired) electrons. The Morgan fingerprint density at radius 3 is 2.57 bits per heavy atom. The number of thiophene rings is 1. The second kappa shape index (κ2) is 6.18. The van der Waals surface area contributed by atoms with E-state index in [1.165, 1.54) is 0 Å². The summed E-state index contributed by atoms with van der Waals surface area (Å²) in [5, 5.41) is 0. The van der Waals surface area contributed by atoms with Gasteiger partial charge in [-0.15, -0.1) is 11.3 Å². The SMILES string of the molecule is Cc1cc(C(=O)N2CCN(CC(C)C)C(=O)[C@H]2C)c(C)s1. The molecule has 0 spiro atoms. The number of carbonyl (C=O) groups excluding carboxylic acids is 2. The van der Waals surface area contributed by atoms with E-state index in [1.54, 1.807) is 16.2 Å². The molecule has 21 heavy (non-hydrogen) atoms. The Labute approximate surface area is 130 Å². The summed E-state index contributed by atoms with van der Waals surface area (Å²) in [6, 6.07) is 1.56. The van der Waals surface area contributed by atoms with E-state index in [4.69, 9.17) is 0 Å². The number of rotatable bonds is 3. The van der Waals surface area contributed by atoms with Crippen molar-refractivity contribution in [3.8, 4) is 0 Å². The lowest BCUT2D eigenvalue weighted by Crippen LogP contribution is -2.58. The van der Waals surface area contributed by atoms with Crippen LogP contribution in [0.15, 0.2) is 6.07 Å². The minimum absolute atomic E-state index is 0.0121. The number of amides is 2. The Balaban J connectivity index is 2.14.